The van der Waals surface area contributed by atoms with E-state index in [1.165, 1.54) is 16.4 Å². The molecule has 33 heavy (non-hydrogen) atoms. The standard InChI is InChI=1S/C24H30ClN3O4S/c1-27-15-12-22(13-16-27)32-21-8-6-20(7-9-21)26-24(29)18-3-2-14-28(17-18)33(30,31)23-10-4-19(25)5-11-23/h4-11,18,22H,2-3,12-17H2,1H3,(H,26,29)/t18-/m0/s1. The number of carbonyl (C=O) groups is 1. The summed E-state index contributed by atoms with van der Waals surface area (Å²) in [5.41, 5.74) is 0.674. The monoisotopic (exact) mass is 491 g/mol. The maximum atomic E-state index is 13.0. The minimum Gasteiger partial charge on any atom is -0.490 e. The van der Waals surface area contributed by atoms with Gasteiger partial charge in [-0.05, 0) is 81.3 Å². The van der Waals surface area contributed by atoms with Crippen molar-refractivity contribution in [3.63, 3.8) is 0 Å². The molecule has 2 aromatic carbocycles. The molecule has 2 heterocycles. The molecule has 0 unspecified atom stereocenters. The average Bonchev–Trinajstić information content (AvgIpc) is 2.82. The largest absolute Gasteiger partial charge is 0.490 e. The van der Waals surface area contributed by atoms with E-state index in [0.717, 1.165) is 31.7 Å². The Hall–Kier alpha value is -2.13. The second-order valence-corrected chi connectivity index (χ2v) is 11.2. The predicted octanol–water partition coefficient (Wildman–Crippen LogP) is 3.85. The number of sulfonamides is 1. The van der Waals surface area contributed by atoms with Crippen LogP contribution in [-0.4, -0.2) is 62.9 Å². The summed E-state index contributed by atoms with van der Waals surface area (Å²) in [7, 11) is -1.55. The third-order valence-corrected chi connectivity index (χ3v) is 8.43. The Balaban J connectivity index is 1.34. The zero-order valence-corrected chi connectivity index (χ0v) is 20.3. The van der Waals surface area contributed by atoms with Crippen LogP contribution in [0.1, 0.15) is 25.7 Å². The van der Waals surface area contributed by atoms with Crippen LogP contribution in [0.25, 0.3) is 0 Å². The third kappa shape index (κ3) is 6.06. The first kappa shape index (κ1) is 24.0. The van der Waals surface area contributed by atoms with Gasteiger partial charge in [0.05, 0.1) is 10.8 Å². The molecule has 178 valence electrons. The van der Waals surface area contributed by atoms with Crippen LogP contribution in [0.2, 0.25) is 5.02 Å². The summed E-state index contributed by atoms with van der Waals surface area (Å²) in [5.74, 6) is 0.214. The van der Waals surface area contributed by atoms with Crippen molar-refractivity contribution in [1.29, 1.82) is 0 Å². The number of piperidine rings is 2. The number of ether oxygens (including phenoxy) is 1. The van der Waals surface area contributed by atoms with Gasteiger partial charge in [-0.15, -0.1) is 0 Å². The third-order valence-electron chi connectivity index (χ3n) is 6.30. The first-order valence-corrected chi connectivity index (χ1v) is 13.1. The summed E-state index contributed by atoms with van der Waals surface area (Å²) in [6, 6.07) is 13.5. The first-order valence-electron chi connectivity index (χ1n) is 11.3. The molecule has 2 fully saturated rings. The van der Waals surface area contributed by atoms with E-state index in [1.807, 2.05) is 24.3 Å². The van der Waals surface area contributed by atoms with Crippen molar-refractivity contribution in [3.8, 4) is 5.75 Å². The smallest absolute Gasteiger partial charge is 0.243 e. The number of hydrogen-bond acceptors (Lipinski definition) is 5. The number of likely N-dealkylation sites (tertiary alicyclic amines) is 1. The van der Waals surface area contributed by atoms with Gasteiger partial charge in [-0.25, -0.2) is 8.42 Å². The van der Waals surface area contributed by atoms with Gasteiger partial charge in [0, 0.05) is 36.9 Å². The molecule has 9 heteroatoms. The lowest BCUT2D eigenvalue weighted by Gasteiger charge is -2.31. The van der Waals surface area contributed by atoms with Crippen LogP contribution in [0.15, 0.2) is 53.4 Å². The summed E-state index contributed by atoms with van der Waals surface area (Å²) in [6.07, 6.45) is 3.51. The molecule has 0 bridgehead atoms. The number of halogens is 1. The second kappa shape index (κ2) is 10.4. The van der Waals surface area contributed by atoms with Crippen molar-refractivity contribution in [2.75, 3.05) is 38.5 Å². The van der Waals surface area contributed by atoms with Crippen LogP contribution in [-0.2, 0) is 14.8 Å². The molecule has 2 aliphatic heterocycles. The molecule has 1 amide bonds. The molecule has 1 atom stereocenters. The number of nitrogens with zero attached hydrogens (tertiary/aromatic N) is 2. The summed E-state index contributed by atoms with van der Waals surface area (Å²) in [5, 5.41) is 3.41. The lowest BCUT2D eigenvalue weighted by Crippen LogP contribution is -2.43. The Kier molecular flexibility index (Phi) is 7.58. The summed E-state index contributed by atoms with van der Waals surface area (Å²) < 4.78 is 33.4. The SMILES string of the molecule is CN1CCC(Oc2ccc(NC(=O)[C@H]3CCCN(S(=O)(=O)c4ccc(Cl)cc4)C3)cc2)CC1. The maximum Gasteiger partial charge on any atom is 0.243 e. The van der Waals surface area contributed by atoms with E-state index in [2.05, 4.69) is 17.3 Å². The van der Waals surface area contributed by atoms with E-state index in [4.69, 9.17) is 16.3 Å². The van der Waals surface area contributed by atoms with E-state index < -0.39 is 15.9 Å². The van der Waals surface area contributed by atoms with Crippen molar-refractivity contribution in [2.45, 2.75) is 36.7 Å². The van der Waals surface area contributed by atoms with Crippen LogP contribution < -0.4 is 10.1 Å². The molecule has 2 aliphatic rings. The Labute approximate surface area is 200 Å². The number of benzene rings is 2. The highest BCUT2D eigenvalue weighted by Crippen LogP contribution is 2.26. The van der Waals surface area contributed by atoms with Gasteiger partial charge in [-0.3, -0.25) is 4.79 Å². The van der Waals surface area contributed by atoms with Gasteiger partial charge in [0.1, 0.15) is 11.9 Å². The Morgan fingerprint density at radius 3 is 2.33 bits per heavy atom. The number of anilines is 1. The van der Waals surface area contributed by atoms with Gasteiger partial charge in [0.2, 0.25) is 15.9 Å². The number of carbonyl (C=O) groups excluding carboxylic acids is 1. The molecule has 0 aliphatic carbocycles. The molecule has 0 spiro atoms. The Bertz CT molecular complexity index is 1050. The van der Waals surface area contributed by atoms with Crippen LogP contribution in [0.5, 0.6) is 5.75 Å². The number of amides is 1. The first-order chi connectivity index (χ1) is 15.8. The molecule has 4 rings (SSSR count). The van der Waals surface area contributed by atoms with Crippen LogP contribution in [0.3, 0.4) is 0 Å². The van der Waals surface area contributed by atoms with Crippen molar-refractivity contribution >= 4 is 33.2 Å². The van der Waals surface area contributed by atoms with E-state index in [9.17, 15) is 13.2 Å². The Morgan fingerprint density at radius 1 is 1.00 bits per heavy atom. The minimum absolute atomic E-state index is 0.161. The Morgan fingerprint density at radius 2 is 1.67 bits per heavy atom. The second-order valence-electron chi connectivity index (χ2n) is 8.79. The summed E-state index contributed by atoms with van der Waals surface area (Å²) in [6.45, 7) is 2.63. The molecule has 0 radical (unpaired) electrons. The highest BCUT2D eigenvalue weighted by Gasteiger charge is 2.33. The molecular formula is C24H30ClN3O4S. The highest BCUT2D eigenvalue weighted by atomic mass is 35.5. The zero-order valence-electron chi connectivity index (χ0n) is 18.7. The summed E-state index contributed by atoms with van der Waals surface area (Å²) in [4.78, 5) is 15.4. The van der Waals surface area contributed by atoms with Gasteiger partial charge in [0.25, 0.3) is 0 Å². The number of rotatable bonds is 6. The molecule has 1 N–H and O–H groups in total. The predicted molar refractivity (Wildman–Crippen MR) is 129 cm³/mol. The fourth-order valence-corrected chi connectivity index (χ4v) is 5.94. The van der Waals surface area contributed by atoms with E-state index in [1.54, 1.807) is 12.1 Å². The zero-order chi connectivity index (χ0) is 23.4. The molecular weight excluding hydrogens is 462 g/mol. The topological polar surface area (TPSA) is 79.0 Å². The van der Waals surface area contributed by atoms with Crippen LogP contribution >= 0.6 is 11.6 Å². The highest BCUT2D eigenvalue weighted by molar-refractivity contribution is 7.89. The quantitative estimate of drug-likeness (QED) is 0.664. The molecule has 2 saturated heterocycles. The van der Waals surface area contributed by atoms with Gasteiger partial charge >= 0.3 is 0 Å². The number of hydrogen-bond donors (Lipinski definition) is 1. The van der Waals surface area contributed by atoms with Crippen molar-refractivity contribution in [3.05, 3.63) is 53.6 Å². The van der Waals surface area contributed by atoms with Gasteiger partial charge in [-0.2, -0.15) is 4.31 Å². The van der Waals surface area contributed by atoms with Crippen molar-refractivity contribution < 1.29 is 17.9 Å². The lowest BCUT2D eigenvalue weighted by atomic mass is 9.98. The fourth-order valence-electron chi connectivity index (χ4n) is 4.29. The maximum absolute atomic E-state index is 13.0. The van der Waals surface area contributed by atoms with Gasteiger partial charge < -0.3 is 15.0 Å². The van der Waals surface area contributed by atoms with Crippen molar-refractivity contribution in [2.24, 2.45) is 5.92 Å². The summed E-state index contributed by atoms with van der Waals surface area (Å²) >= 11 is 5.88. The number of nitrogens with one attached hydrogen (secondary N) is 1. The van der Waals surface area contributed by atoms with Crippen molar-refractivity contribution in [1.82, 2.24) is 9.21 Å². The van der Waals surface area contributed by atoms with Crippen LogP contribution in [0, 0.1) is 5.92 Å². The van der Waals surface area contributed by atoms with Crippen LogP contribution in [0.4, 0.5) is 5.69 Å². The van der Waals surface area contributed by atoms with E-state index >= 15 is 0 Å². The van der Waals surface area contributed by atoms with E-state index in [-0.39, 0.29) is 23.5 Å². The normalized spacial score (nSPS) is 21.0. The lowest BCUT2D eigenvalue weighted by molar-refractivity contribution is -0.120. The molecule has 0 saturated carbocycles. The minimum atomic E-state index is -3.67. The molecule has 0 aromatic heterocycles. The van der Waals surface area contributed by atoms with Gasteiger partial charge in [0.15, 0.2) is 0 Å². The fraction of sp³-hybridized carbons (Fsp3) is 0.458. The van der Waals surface area contributed by atoms with E-state index in [0.29, 0.717) is 30.1 Å². The average molecular weight is 492 g/mol. The molecule has 2 aromatic rings. The molecule has 7 nitrogen and oxygen atoms in total. The van der Waals surface area contributed by atoms with Gasteiger partial charge in [-0.1, -0.05) is 11.6 Å².